The average Bonchev–Trinajstić information content (AvgIpc) is 2.37. The first-order valence-corrected chi connectivity index (χ1v) is 5.04. The molecule has 0 aliphatic heterocycles. The van der Waals surface area contributed by atoms with Crippen LogP contribution in [0.3, 0.4) is 0 Å². The molecule has 0 aliphatic carbocycles. The van der Waals surface area contributed by atoms with Gasteiger partial charge in [0.2, 0.25) is 5.91 Å². The van der Waals surface area contributed by atoms with Gasteiger partial charge in [-0.1, -0.05) is 6.07 Å². The first-order valence-electron chi connectivity index (χ1n) is 5.04. The number of nitrogens with two attached hydrogens (primary N) is 1. The van der Waals surface area contributed by atoms with Crippen molar-refractivity contribution in [2.24, 2.45) is 5.84 Å². The molecule has 0 fully saturated rings. The summed E-state index contributed by atoms with van der Waals surface area (Å²) in [6, 6.07) is 4.18. The number of rotatable bonds is 4. The molecule has 17 heavy (non-hydrogen) atoms. The van der Waals surface area contributed by atoms with Gasteiger partial charge in [-0.2, -0.15) is 0 Å². The SMILES string of the molecule is CNC(=O)C(C)NC(=O)c1cccc(NN)n1. The molecular formula is C10H15N5O2. The van der Waals surface area contributed by atoms with Crippen LogP contribution in [0.2, 0.25) is 0 Å². The maximum absolute atomic E-state index is 11.7. The largest absolute Gasteiger partial charge is 0.357 e. The standard InChI is InChI=1S/C10H15N5O2/c1-6(9(16)12-2)13-10(17)7-4-3-5-8(14-7)15-11/h3-6H,11H2,1-2H3,(H,12,16)(H,13,17)(H,14,15). The summed E-state index contributed by atoms with van der Waals surface area (Å²) in [6.45, 7) is 1.59. The Hall–Kier alpha value is -2.15. The molecule has 92 valence electrons. The van der Waals surface area contributed by atoms with Crippen LogP contribution in [0.15, 0.2) is 18.2 Å². The van der Waals surface area contributed by atoms with E-state index >= 15 is 0 Å². The molecule has 7 heteroatoms. The summed E-state index contributed by atoms with van der Waals surface area (Å²) in [4.78, 5) is 26.9. The maximum Gasteiger partial charge on any atom is 0.270 e. The van der Waals surface area contributed by atoms with E-state index in [-0.39, 0.29) is 11.6 Å². The van der Waals surface area contributed by atoms with Crippen LogP contribution in [0.25, 0.3) is 0 Å². The lowest BCUT2D eigenvalue weighted by molar-refractivity contribution is -0.122. The van der Waals surface area contributed by atoms with Gasteiger partial charge in [-0.25, -0.2) is 10.8 Å². The van der Waals surface area contributed by atoms with Gasteiger partial charge >= 0.3 is 0 Å². The molecule has 1 heterocycles. The third-order valence-corrected chi connectivity index (χ3v) is 2.12. The molecule has 0 bridgehead atoms. The van der Waals surface area contributed by atoms with E-state index in [1.165, 1.54) is 13.1 Å². The van der Waals surface area contributed by atoms with E-state index in [0.29, 0.717) is 5.82 Å². The molecule has 1 aromatic heterocycles. The van der Waals surface area contributed by atoms with Crippen LogP contribution in [0, 0.1) is 0 Å². The number of nitrogens with zero attached hydrogens (tertiary/aromatic N) is 1. The minimum atomic E-state index is -0.621. The molecule has 0 saturated heterocycles. The number of anilines is 1. The molecule has 1 atom stereocenters. The van der Waals surface area contributed by atoms with Crippen molar-refractivity contribution in [3.8, 4) is 0 Å². The topological polar surface area (TPSA) is 109 Å². The van der Waals surface area contributed by atoms with Crippen LogP contribution in [0.4, 0.5) is 5.82 Å². The third kappa shape index (κ3) is 3.42. The zero-order chi connectivity index (χ0) is 12.8. The first-order chi connectivity index (χ1) is 8.08. The second-order valence-electron chi connectivity index (χ2n) is 3.36. The summed E-state index contributed by atoms with van der Waals surface area (Å²) < 4.78 is 0. The number of aromatic nitrogens is 1. The molecule has 0 spiro atoms. The van der Waals surface area contributed by atoms with E-state index < -0.39 is 11.9 Å². The van der Waals surface area contributed by atoms with Crippen molar-refractivity contribution >= 4 is 17.6 Å². The van der Waals surface area contributed by atoms with E-state index in [2.05, 4.69) is 21.0 Å². The minimum absolute atomic E-state index is 0.191. The number of hydrogen-bond acceptors (Lipinski definition) is 5. The minimum Gasteiger partial charge on any atom is -0.357 e. The van der Waals surface area contributed by atoms with E-state index in [4.69, 9.17) is 5.84 Å². The fraction of sp³-hybridized carbons (Fsp3) is 0.300. The van der Waals surface area contributed by atoms with Gasteiger partial charge in [0.1, 0.15) is 17.6 Å². The van der Waals surface area contributed by atoms with Crippen LogP contribution >= 0.6 is 0 Å². The highest BCUT2D eigenvalue weighted by molar-refractivity contribution is 5.96. The molecule has 2 amide bonds. The Balaban J connectivity index is 2.72. The van der Waals surface area contributed by atoms with Crippen molar-refractivity contribution in [3.05, 3.63) is 23.9 Å². The zero-order valence-corrected chi connectivity index (χ0v) is 9.65. The monoisotopic (exact) mass is 237 g/mol. The fourth-order valence-electron chi connectivity index (χ4n) is 1.19. The van der Waals surface area contributed by atoms with Crippen molar-refractivity contribution in [2.75, 3.05) is 12.5 Å². The second-order valence-corrected chi connectivity index (χ2v) is 3.36. The van der Waals surface area contributed by atoms with E-state index in [0.717, 1.165) is 0 Å². The predicted molar refractivity (Wildman–Crippen MR) is 63.0 cm³/mol. The number of likely N-dealkylation sites (N-methyl/N-ethyl adjacent to an activating group) is 1. The Morgan fingerprint density at radius 1 is 1.41 bits per heavy atom. The number of pyridine rings is 1. The van der Waals surface area contributed by atoms with Gasteiger partial charge in [0.15, 0.2) is 0 Å². The summed E-state index contributed by atoms with van der Waals surface area (Å²) in [5.41, 5.74) is 2.53. The predicted octanol–water partition coefficient (Wildman–Crippen LogP) is -0.768. The zero-order valence-electron chi connectivity index (χ0n) is 9.65. The Morgan fingerprint density at radius 2 is 2.12 bits per heavy atom. The van der Waals surface area contributed by atoms with Gasteiger partial charge in [0.05, 0.1) is 0 Å². The van der Waals surface area contributed by atoms with Crippen LogP contribution in [-0.4, -0.2) is 29.9 Å². The maximum atomic E-state index is 11.7. The van der Waals surface area contributed by atoms with Crippen LogP contribution < -0.4 is 21.9 Å². The van der Waals surface area contributed by atoms with Gasteiger partial charge in [-0.3, -0.25) is 9.59 Å². The van der Waals surface area contributed by atoms with E-state index in [9.17, 15) is 9.59 Å². The normalized spacial score (nSPS) is 11.5. The summed E-state index contributed by atoms with van der Waals surface area (Å²) >= 11 is 0. The number of nitrogen functional groups attached to an aromatic ring is 1. The molecule has 1 rings (SSSR count). The van der Waals surface area contributed by atoms with Gasteiger partial charge < -0.3 is 16.1 Å². The van der Waals surface area contributed by atoms with Crippen LogP contribution in [0.1, 0.15) is 17.4 Å². The highest BCUT2D eigenvalue weighted by Gasteiger charge is 2.16. The third-order valence-electron chi connectivity index (χ3n) is 2.12. The first kappa shape index (κ1) is 12.9. The lowest BCUT2D eigenvalue weighted by Crippen LogP contribution is -2.43. The Labute approximate surface area is 98.8 Å². The Kier molecular flexibility index (Phi) is 4.41. The van der Waals surface area contributed by atoms with Crippen molar-refractivity contribution in [2.45, 2.75) is 13.0 Å². The van der Waals surface area contributed by atoms with Crippen molar-refractivity contribution in [1.82, 2.24) is 15.6 Å². The number of carbonyl (C=O) groups is 2. The molecule has 0 aromatic carbocycles. The van der Waals surface area contributed by atoms with Gasteiger partial charge in [0, 0.05) is 7.05 Å². The molecule has 5 N–H and O–H groups in total. The Morgan fingerprint density at radius 3 is 2.71 bits per heavy atom. The number of amides is 2. The van der Waals surface area contributed by atoms with E-state index in [1.807, 2.05) is 0 Å². The highest BCUT2D eigenvalue weighted by Crippen LogP contribution is 2.03. The number of hydrogen-bond donors (Lipinski definition) is 4. The molecule has 1 unspecified atom stereocenters. The smallest absolute Gasteiger partial charge is 0.270 e. The summed E-state index contributed by atoms with van der Waals surface area (Å²) in [7, 11) is 1.50. The lowest BCUT2D eigenvalue weighted by Gasteiger charge is -2.12. The highest BCUT2D eigenvalue weighted by atomic mass is 16.2. The summed E-state index contributed by atoms with van der Waals surface area (Å²) in [5.74, 6) is 4.86. The average molecular weight is 237 g/mol. The molecule has 0 saturated carbocycles. The number of nitrogens with one attached hydrogen (secondary N) is 3. The van der Waals surface area contributed by atoms with Crippen molar-refractivity contribution < 1.29 is 9.59 Å². The van der Waals surface area contributed by atoms with Crippen LogP contribution in [0.5, 0.6) is 0 Å². The lowest BCUT2D eigenvalue weighted by atomic mass is 10.2. The second kappa shape index (κ2) is 5.80. The van der Waals surface area contributed by atoms with Gasteiger partial charge in [0.25, 0.3) is 5.91 Å². The molecule has 0 aliphatic rings. The van der Waals surface area contributed by atoms with E-state index in [1.54, 1.807) is 19.1 Å². The number of carbonyl (C=O) groups excluding carboxylic acids is 2. The molecule has 0 radical (unpaired) electrons. The molecular weight excluding hydrogens is 222 g/mol. The Bertz CT molecular complexity index is 421. The molecule has 1 aromatic rings. The van der Waals surface area contributed by atoms with Crippen LogP contribution in [-0.2, 0) is 4.79 Å². The van der Waals surface area contributed by atoms with Gasteiger partial charge in [-0.15, -0.1) is 0 Å². The fourth-order valence-corrected chi connectivity index (χ4v) is 1.19. The quantitative estimate of drug-likeness (QED) is 0.406. The van der Waals surface area contributed by atoms with Gasteiger partial charge in [-0.05, 0) is 19.1 Å². The van der Waals surface area contributed by atoms with Crippen molar-refractivity contribution in [3.63, 3.8) is 0 Å². The number of hydrazine groups is 1. The summed E-state index contributed by atoms with van der Waals surface area (Å²) in [5, 5.41) is 4.95. The molecule has 7 nitrogen and oxygen atoms in total. The summed E-state index contributed by atoms with van der Waals surface area (Å²) in [6.07, 6.45) is 0. The van der Waals surface area contributed by atoms with Crippen molar-refractivity contribution in [1.29, 1.82) is 0 Å².